The standard InChI is InChI=1S/C12H14Cl2F3NO3/c13-8-2-1-3-9(14)11(8)21-6-7(19)4-18-5-10(20)12(15,16)17/h1-3,7,10,18-20H,4-6H2. The van der Waals surface area contributed by atoms with Gasteiger partial charge >= 0.3 is 6.18 Å². The van der Waals surface area contributed by atoms with E-state index >= 15 is 0 Å². The lowest BCUT2D eigenvalue weighted by Crippen LogP contribution is -2.41. The number of nitrogens with one attached hydrogen (secondary N) is 1. The molecule has 0 fully saturated rings. The molecule has 4 nitrogen and oxygen atoms in total. The van der Waals surface area contributed by atoms with Gasteiger partial charge in [0.05, 0.1) is 10.0 Å². The third-order valence-corrected chi connectivity index (χ3v) is 3.03. The highest BCUT2D eigenvalue weighted by Crippen LogP contribution is 2.32. The van der Waals surface area contributed by atoms with Crippen LogP contribution in [0.5, 0.6) is 5.75 Å². The van der Waals surface area contributed by atoms with E-state index in [2.05, 4.69) is 5.32 Å². The summed E-state index contributed by atoms with van der Waals surface area (Å²) in [5, 5.41) is 21.1. The van der Waals surface area contributed by atoms with E-state index in [4.69, 9.17) is 33.0 Å². The molecule has 2 atom stereocenters. The Morgan fingerprint density at radius 1 is 1.14 bits per heavy atom. The fraction of sp³-hybridized carbons (Fsp3) is 0.500. The molecule has 21 heavy (non-hydrogen) atoms. The van der Waals surface area contributed by atoms with Crippen LogP contribution in [0.25, 0.3) is 0 Å². The maximum atomic E-state index is 12.0. The second kappa shape index (κ2) is 8.05. The second-order valence-corrected chi connectivity index (χ2v) is 5.05. The summed E-state index contributed by atoms with van der Waals surface area (Å²) in [5.74, 6) is 0.190. The van der Waals surface area contributed by atoms with E-state index < -0.39 is 24.9 Å². The molecule has 2 unspecified atom stereocenters. The van der Waals surface area contributed by atoms with Crippen LogP contribution in [0.15, 0.2) is 18.2 Å². The summed E-state index contributed by atoms with van der Waals surface area (Å²) in [4.78, 5) is 0. The van der Waals surface area contributed by atoms with Crippen molar-refractivity contribution in [3.8, 4) is 5.75 Å². The Bertz CT molecular complexity index is 440. The van der Waals surface area contributed by atoms with Gasteiger partial charge in [-0.15, -0.1) is 0 Å². The Kier molecular flexibility index (Phi) is 7.02. The number of para-hydroxylation sites is 1. The summed E-state index contributed by atoms with van der Waals surface area (Å²) < 4.78 is 41.3. The first-order valence-corrected chi connectivity index (χ1v) is 6.67. The quantitative estimate of drug-likeness (QED) is 0.707. The highest BCUT2D eigenvalue weighted by Gasteiger charge is 2.37. The molecule has 1 rings (SSSR count). The molecule has 1 aromatic carbocycles. The molecule has 0 saturated heterocycles. The molecular formula is C12H14Cl2F3NO3. The number of hydrogen-bond acceptors (Lipinski definition) is 4. The lowest BCUT2D eigenvalue weighted by Gasteiger charge is -2.17. The van der Waals surface area contributed by atoms with Gasteiger partial charge in [0, 0.05) is 13.1 Å². The molecule has 1 aromatic rings. The van der Waals surface area contributed by atoms with Crippen LogP contribution < -0.4 is 10.1 Å². The number of alkyl halides is 3. The SMILES string of the molecule is OC(CNCC(O)C(F)(F)F)COc1c(Cl)cccc1Cl. The summed E-state index contributed by atoms with van der Waals surface area (Å²) in [5.41, 5.74) is 0. The van der Waals surface area contributed by atoms with E-state index in [1.165, 1.54) is 0 Å². The zero-order valence-corrected chi connectivity index (χ0v) is 12.2. The fourth-order valence-electron chi connectivity index (χ4n) is 1.36. The molecule has 0 heterocycles. The Morgan fingerprint density at radius 3 is 2.24 bits per heavy atom. The number of aliphatic hydroxyl groups is 2. The molecule has 0 aromatic heterocycles. The Hall–Kier alpha value is -0.730. The predicted octanol–water partition coefficient (Wildman–Crippen LogP) is 2.25. The molecule has 0 saturated carbocycles. The molecule has 0 amide bonds. The number of ether oxygens (including phenoxy) is 1. The molecule has 9 heteroatoms. The van der Waals surface area contributed by atoms with Crippen LogP contribution >= 0.6 is 23.2 Å². The van der Waals surface area contributed by atoms with E-state index in [-0.39, 0.29) is 28.9 Å². The summed E-state index contributed by atoms with van der Waals surface area (Å²) in [6.07, 6.45) is -8.26. The summed E-state index contributed by atoms with van der Waals surface area (Å²) in [7, 11) is 0. The zero-order valence-electron chi connectivity index (χ0n) is 10.7. The maximum Gasteiger partial charge on any atom is 0.415 e. The largest absolute Gasteiger partial charge is 0.488 e. The van der Waals surface area contributed by atoms with Crippen molar-refractivity contribution in [1.82, 2.24) is 5.32 Å². The number of hydrogen-bond donors (Lipinski definition) is 3. The van der Waals surface area contributed by atoms with Crippen LogP contribution in [0, 0.1) is 0 Å². The molecule has 3 N–H and O–H groups in total. The van der Waals surface area contributed by atoms with Crippen LogP contribution in [0.2, 0.25) is 10.0 Å². The second-order valence-electron chi connectivity index (χ2n) is 4.23. The topological polar surface area (TPSA) is 61.7 Å². The zero-order chi connectivity index (χ0) is 16.0. The molecular weight excluding hydrogens is 334 g/mol. The normalized spacial score (nSPS) is 14.8. The Balaban J connectivity index is 2.33. The van der Waals surface area contributed by atoms with Gasteiger partial charge in [-0.1, -0.05) is 29.3 Å². The van der Waals surface area contributed by atoms with Gasteiger partial charge in [-0.25, -0.2) is 0 Å². The van der Waals surface area contributed by atoms with Gasteiger partial charge < -0.3 is 20.3 Å². The van der Waals surface area contributed by atoms with Crippen LogP contribution in [0.4, 0.5) is 13.2 Å². The molecule has 0 aliphatic heterocycles. The number of rotatable bonds is 7. The average molecular weight is 348 g/mol. The summed E-state index contributed by atoms with van der Waals surface area (Å²) >= 11 is 11.7. The Labute approximate surface area is 129 Å². The van der Waals surface area contributed by atoms with Crippen molar-refractivity contribution < 1.29 is 28.1 Å². The van der Waals surface area contributed by atoms with Crippen LogP contribution in [0.3, 0.4) is 0 Å². The van der Waals surface area contributed by atoms with Gasteiger partial charge in [0.15, 0.2) is 11.9 Å². The average Bonchev–Trinajstić information content (AvgIpc) is 2.36. The highest BCUT2D eigenvalue weighted by atomic mass is 35.5. The summed E-state index contributed by atoms with van der Waals surface area (Å²) in [6.45, 7) is -1.11. The third-order valence-electron chi connectivity index (χ3n) is 2.43. The molecule has 0 aliphatic rings. The van der Waals surface area contributed by atoms with E-state index in [1.807, 2.05) is 0 Å². The van der Waals surface area contributed by atoms with Crippen molar-refractivity contribution in [3.63, 3.8) is 0 Å². The van der Waals surface area contributed by atoms with Crippen LogP contribution in [0.1, 0.15) is 0 Å². The molecule has 0 bridgehead atoms. The van der Waals surface area contributed by atoms with Gasteiger partial charge in [-0.3, -0.25) is 0 Å². The lowest BCUT2D eigenvalue weighted by atomic mass is 10.3. The minimum atomic E-state index is -4.69. The minimum absolute atomic E-state index is 0.185. The fourth-order valence-corrected chi connectivity index (χ4v) is 1.87. The molecule has 0 aliphatic carbocycles. The van der Waals surface area contributed by atoms with Crippen molar-refractivity contribution in [3.05, 3.63) is 28.2 Å². The first kappa shape index (κ1) is 18.3. The van der Waals surface area contributed by atoms with Crippen molar-refractivity contribution in [2.75, 3.05) is 19.7 Å². The molecule has 0 radical (unpaired) electrons. The van der Waals surface area contributed by atoms with Gasteiger partial charge in [-0.2, -0.15) is 13.2 Å². The van der Waals surface area contributed by atoms with E-state index in [0.29, 0.717) is 0 Å². The monoisotopic (exact) mass is 347 g/mol. The maximum absolute atomic E-state index is 12.0. The van der Waals surface area contributed by atoms with Gasteiger partial charge in [-0.05, 0) is 12.1 Å². The number of aliphatic hydroxyl groups excluding tert-OH is 2. The molecule has 0 spiro atoms. The van der Waals surface area contributed by atoms with Crippen molar-refractivity contribution >= 4 is 23.2 Å². The highest BCUT2D eigenvalue weighted by molar-refractivity contribution is 6.37. The van der Waals surface area contributed by atoms with Crippen molar-refractivity contribution in [2.45, 2.75) is 18.4 Å². The van der Waals surface area contributed by atoms with Crippen molar-refractivity contribution in [2.24, 2.45) is 0 Å². The van der Waals surface area contributed by atoms with E-state index in [9.17, 15) is 18.3 Å². The van der Waals surface area contributed by atoms with Gasteiger partial charge in [0.1, 0.15) is 12.7 Å². The van der Waals surface area contributed by atoms with E-state index in [0.717, 1.165) is 0 Å². The number of benzene rings is 1. The Morgan fingerprint density at radius 2 is 1.71 bits per heavy atom. The summed E-state index contributed by atoms with van der Waals surface area (Å²) in [6, 6.07) is 4.72. The number of halogens is 5. The van der Waals surface area contributed by atoms with Crippen LogP contribution in [-0.4, -0.2) is 48.3 Å². The third kappa shape index (κ3) is 6.27. The minimum Gasteiger partial charge on any atom is -0.488 e. The smallest absolute Gasteiger partial charge is 0.415 e. The van der Waals surface area contributed by atoms with Gasteiger partial charge in [0.2, 0.25) is 0 Å². The first-order valence-electron chi connectivity index (χ1n) is 5.92. The predicted molar refractivity (Wildman–Crippen MR) is 72.9 cm³/mol. The first-order chi connectivity index (χ1) is 9.71. The van der Waals surface area contributed by atoms with Crippen molar-refractivity contribution in [1.29, 1.82) is 0 Å². The lowest BCUT2D eigenvalue weighted by molar-refractivity contribution is -0.202. The van der Waals surface area contributed by atoms with E-state index in [1.54, 1.807) is 18.2 Å². The van der Waals surface area contributed by atoms with Crippen LogP contribution in [-0.2, 0) is 0 Å². The van der Waals surface area contributed by atoms with Gasteiger partial charge in [0.25, 0.3) is 0 Å². The molecule has 120 valence electrons.